The van der Waals surface area contributed by atoms with Crippen molar-refractivity contribution in [3.8, 4) is 6.07 Å². The number of alkyl halides is 3. The summed E-state index contributed by atoms with van der Waals surface area (Å²) in [5, 5.41) is 17.6. The number of benzene rings is 2. The van der Waals surface area contributed by atoms with E-state index in [9.17, 15) is 37.1 Å². The lowest BCUT2D eigenvalue weighted by Crippen LogP contribution is -2.58. The Labute approximate surface area is 359 Å². The van der Waals surface area contributed by atoms with Crippen LogP contribution in [0.2, 0.25) is 0 Å². The summed E-state index contributed by atoms with van der Waals surface area (Å²) in [5.74, 6) is -0.716. The van der Waals surface area contributed by atoms with E-state index in [-0.39, 0.29) is 66.1 Å². The number of rotatable bonds is 13. The summed E-state index contributed by atoms with van der Waals surface area (Å²) in [6.45, 7) is 10.6. The Morgan fingerprint density at radius 2 is 1.65 bits per heavy atom. The molecule has 1 aliphatic carbocycles. The molecule has 326 valence electrons. The van der Waals surface area contributed by atoms with E-state index in [1.165, 1.54) is 6.07 Å². The van der Waals surface area contributed by atoms with Crippen molar-refractivity contribution in [1.29, 1.82) is 5.26 Å². The van der Waals surface area contributed by atoms with Gasteiger partial charge < -0.3 is 20.4 Å². The van der Waals surface area contributed by atoms with Crippen LogP contribution < -0.4 is 16.0 Å². The van der Waals surface area contributed by atoms with Gasteiger partial charge >= 0.3 is 12.2 Å². The quantitative estimate of drug-likeness (QED) is 0.0827. The topological polar surface area (TPSA) is 158 Å². The van der Waals surface area contributed by atoms with Crippen LogP contribution in [0.15, 0.2) is 47.4 Å². The fourth-order valence-corrected chi connectivity index (χ4v) is 9.97. The molecule has 0 spiro atoms. The Morgan fingerprint density at radius 1 is 0.967 bits per heavy atom. The standard InChI is InChI=1S/C42H53F3N8O5S.ClH/c1-26-23-50(24-27(2)51(26)25-37(55)48-31-10-7-9-30(20-31)47-35-17-18-36(54)49-38(35)56)19-6-5-8-28-11-14-32(15-12-28)52-40(58)53(39(57)41(52,3)4)59-33-16-13-29(22-46)34(21-33)42(43,44)45;/h7,9-10,13,16,20-21,26-28,32,35,47H,5-6,8,11-12,14-15,17-19,23-25H2,1-4H3,(H,48,55)(H,49,54,56);1H/t26-,27+,28?,32?,35?;. The number of hydrogen-bond donors (Lipinski definition) is 3. The number of anilines is 2. The average molecular weight is 875 g/mol. The number of nitriles is 1. The van der Waals surface area contributed by atoms with Crippen molar-refractivity contribution in [2.24, 2.45) is 5.92 Å². The van der Waals surface area contributed by atoms with Gasteiger partial charge in [0.2, 0.25) is 17.7 Å². The molecular formula is C42H54ClF3N8O5S. The van der Waals surface area contributed by atoms with Crippen LogP contribution in [0.1, 0.15) is 96.6 Å². The maximum absolute atomic E-state index is 13.6. The van der Waals surface area contributed by atoms with Crippen LogP contribution in [0, 0.1) is 17.2 Å². The first kappa shape index (κ1) is 46.7. The molecule has 60 heavy (non-hydrogen) atoms. The molecule has 18 heteroatoms. The molecule has 1 saturated carbocycles. The minimum absolute atomic E-state index is 0. The van der Waals surface area contributed by atoms with Gasteiger partial charge in [-0.15, -0.1) is 12.4 Å². The molecule has 13 nitrogen and oxygen atoms in total. The van der Waals surface area contributed by atoms with Crippen LogP contribution in [0.3, 0.4) is 0 Å². The zero-order valence-electron chi connectivity index (χ0n) is 34.3. The van der Waals surface area contributed by atoms with Crippen LogP contribution in [0.4, 0.5) is 29.3 Å². The molecular weight excluding hydrogens is 821 g/mol. The van der Waals surface area contributed by atoms with Gasteiger partial charge in [0.15, 0.2) is 0 Å². The number of carbonyl (C=O) groups excluding carboxylic acids is 5. The van der Waals surface area contributed by atoms with E-state index in [1.54, 1.807) is 43.0 Å². The second-order valence-corrected chi connectivity index (χ2v) is 17.8. The van der Waals surface area contributed by atoms with Gasteiger partial charge in [-0.3, -0.25) is 29.4 Å². The van der Waals surface area contributed by atoms with Gasteiger partial charge in [0.1, 0.15) is 11.6 Å². The first-order valence-corrected chi connectivity index (χ1v) is 21.2. The molecule has 3 N–H and O–H groups in total. The molecule has 0 radical (unpaired) electrons. The number of unbranched alkanes of at least 4 members (excludes halogenated alkanes) is 1. The van der Waals surface area contributed by atoms with Crippen molar-refractivity contribution in [1.82, 2.24) is 24.3 Å². The Kier molecular flexibility index (Phi) is 15.2. The zero-order valence-corrected chi connectivity index (χ0v) is 36.0. The van der Waals surface area contributed by atoms with Gasteiger partial charge in [0.05, 0.1) is 23.7 Å². The number of amides is 6. The maximum atomic E-state index is 13.6. The maximum Gasteiger partial charge on any atom is 0.417 e. The van der Waals surface area contributed by atoms with E-state index in [4.69, 9.17) is 5.26 Å². The van der Waals surface area contributed by atoms with Crippen molar-refractivity contribution >= 4 is 65.4 Å². The fourth-order valence-electron chi connectivity index (χ4n) is 8.99. The van der Waals surface area contributed by atoms with E-state index in [0.29, 0.717) is 35.7 Å². The van der Waals surface area contributed by atoms with E-state index >= 15 is 0 Å². The Hall–Kier alpha value is -4.37. The molecule has 2 aromatic carbocycles. The molecule has 2 aromatic rings. The van der Waals surface area contributed by atoms with E-state index in [1.807, 2.05) is 6.07 Å². The van der Waals surface area contributed by atoms with Crippen LogP contribution in [-0.4, -0.2) is 105 Å². The first-order valence-electron chi connectivity index (χ1n) is 20.4. The number of piperazine rings is 1. The lowest BCUT2D eigenvalue weighted by atomic mass is 9.81. The summed E-state index contributed by atoms with van der Waals surface area (Å²) in [4.78, 5) is 70.2. The molecule has 3 atom stereocenters. The first-order chi connectivity index (χ1) is 27.9. The highest BCUT2D eigenvalue weighted by atomic mass is 35.5. The second kappa shape index (κ2) is 19.6. The molecule has 3 aliphatic heterocycles. The zero-order chi connectivity index (χ0) is 42.6. The Balaban J connectivity index is 0.00000683. The molecule has 4 aliphatic rings. The SMILES string of the molecule is C[C@@H]1CN(CCCCC2CCC(N3C(=O)N(Sc4ccc(C#N)c(C(F)(F)F)c4)C(=O)C3(C)C)CC2)C[C@H](C)N1CC(=O)Nc1cccc(NC2CCC(=O)NC2=O)c1.Cl. The number of urea groups is 1. The summed E-state index contributed by atoms with van der Waals surface area (Å²) >= 11 is 0.661. The Bertz CT molecular complexity index is 1960. The van der Waals surface area contributed by atoms with Crippen molar-refractivity contribution in [3.05, 3.63) is 53.6 Å². The van der Waals surface area contributed by atoms with Gasteiger partial charge in [-0.2, -0.15) is 22.7 Å². The van der Waals surface area contributed by atoms with Crippen LogP contribution in [0.25, 0.3) is 0 Å². The molecule has 6 amide bonds. The van der Waals surface area contributed by atoms with E-state index < -0.39 is 40.8 Å². The van der Waals surface area contributed by atoms with Gasteiger partial charge in [0.25, 0.3) is 5.91 Å². The second-order valence-electron chi connectivity index (χ2n) is 16.8. The van der Waals surface area contributed by atoms with Crippen LogP contribution in [0.5, 0.6) is 0 Å². The van der Waals surface area contributed by atoms with Crippen molar-refractivity contribution in [3.63, 3.8) is 0 Å². The Morgan fingerprint density at radius 3 is 2.30 bits per heavy atom. The number of halogens is 4. The lowest BCUT2D eigenvalue weighted by Gasteiger charge is -2.44. The van der Waals surface area contributed by atoms with E-state index in [2.05, 4.69) is 39.6 Å². The highest BCUT2D eigenvalue weighted by Crippen LogP contribution is 2.43. The highest BCUT2D eigenvalue weighted by Gasteiger charge is 2.54. The predicted molar refractivity (Wildman–Crippen MR) is 224 cm³/mol. The minimum atomic E-state index is -4.75. The number of hydrogen-bond acceptors (Lipinski definition) is 10. The largest absolute Gasteiger partial charge is 0.417 e. The van der Waals surface area contributed by atoms with Gasteiger partial charge in [-0.1, -0.05) is 18.9 Å². The normalized spacial score (nSPS) is 25.1. The van der Waals surface area contributed by atoms with Gasteiger partial charge in [-0.05, 0) is 127 Å². The molecule has 3 heterocycles. The number of imide groups is 2. The summed E-state index contributed by atoms with van der Waals surface area (Å²) in [5.41, 5.74) is -1.47. The average Bonchev–Trinajstić information content (AvgIpc) is 3.34. The van der Waals surface area contributed by atoms with Gasteiger partial charge in [0, 0.05) is 53.9 Å². The summed E-state index contributed by atoms with van der Waals surface area (Å²) in [6.07, 6.45) is 2.46. The van der Waals surface area contributed by atoms with Crippen molar-refractivity contribution in [2.75, 3.05) is 36.8 Å². The monoisotopic (exact) mass is 874 g/mol. The third-order valence-electron chi connectivity index (χ3n) is 12.1. The summed E-state index contributed by atoms with van der Waals surface area (Å²) in [6, 6.07) is 11.1. The summed E-state index contributed by atoms with van der Waals surface area (Å²) < 4.78 is 41.7. The van der Waals surface area contributed by atoms with Crippen LogP contribution in [-0.2, 0) is 25.4 Å². The number of nitrogens with zero attached hydrogens (tertiary/aromatic N) is 5. The van der Waals surface area contributed by atoms with Gasteiger partial charge in [-0.25, -0.2) is 4.79 Å². The van der Waals surface area contributed by atoms with Crippen molar-refractivity contribution in [2.45, 2.75) is 126 Å². The minimum Gasteiger partial charge on any atom is -0.374 e. The smallest absolute Gasteiger partial charge is 0.374 e. The van der Waals surface area contributed by atoms with Crippen LogP contribution >= 0.6 is 24.4 Å². The summed E-state index contributed by atoms with van der Waals surface area (Å²) in [7, 11) is 0. The molecule has 0 bridgehead atoms. The number of carbonyl (C=O) groups is 5. The predicted octanol–water partition coefficient (Wildman–Crippen LogP) is 7.03. The lowest BCUT2D eigenvalue weighted by molar-refractivity contribution is -0.138. The fraction of sp³-hybridized carbons (Fsp3) is 0.571. The third-order valence-corrected chi connectivity index (χ3v) is 13.0. The molecule has 3 saturated heterocycles. The molecule has 6 rings (SSSR count). The molecule has 4 fully saturated rings. The molecule has 0 aromatic heterocycles. The number of piperidine rings is 1. The van der Waals surface area contributed by atoms with E-state index in [0.717, 1.165) is 81.0 Å². The van der Waals surface area contributed by atoms with Crippen molar-refractivity contribution < 1.29 is 37.1 Å². The third kappa shape index (κ3) is 10.9. The molecule has 1 unspecified atom stereocenters. The highest BCUT2D eigenvalue weighted by molar-refractivity contribution is 7.98. The number of nitrogens with one attached hydrogen (secondary N) is 3.